The standard InChI is InChI=1S/C25H54NO3/c1-7-8-9-10-11-12-13-14-15-16-17-18-19-20-21-22-23-24-28-26(5,27-6)29-25(2,3)4/h7-24H2,1-6H3/q+1. The highest BCUT2D eigenvalue weighted by molar-refractivity contribution is 4.54. The highest BCUT2D eigenvalue weighted by Gasteiger charge is 2.33. The maximum absolute atomic E-state index is 5.80. The Hall–Kier alpha value is -0.160. The van der Waals surface area contributed by atoms with Crippen LogP contribution >= 0.6 is 0 Å². The van der Waals surface area contributed by atoms with E-state index in [1.807, 2.05) is 20.8 Å². The molecule has 0 heterocycles. The van der Waals surface area contributed by atoms with Gasteiger partial charge in [-0.2, -0.15) is 0 Å². The highest BCUT2D eigenvalue weighted by Crippen LogP contribution is 2.18. The molecule has 0 spiro atoms. The Bertz CT molecular complexity index is 343. The van der Waals surface area contributed by atoms with E-state index in [1.165, 1.54) is 103 Å². The second-order valence-electron chi connectivity index (χ2n) is 9.65. The van der Waals surface area contributed by atoms with E-state index < -0.39 is 0 Å². The van der Waals surface area contributed by atoms with Gasteiger partial charge in [0.25, 0.3) is 0 Å². The summed E-state index contributed by atoms with van der Waals surface area (Å²) in [5.41, 5.74) is -0.307. The molecule has 0 radical (unpaired) electrons. The lowest BCUT2D eigenvalue weighted by Gasteiger charge is -2.30. The minimum absolute atomic E-state index is 0.248. The summed E-state index contributed by atoms with van der Waals surface area (Å²) < 4.78 is 0. The van der Waals surface area contributed by atoms with E-state index in [0.717, 1.165) is 6.42 Å². The summed E-state index contributed by atoms with van der Waals surface area (Å²) in [4.78, 5) is 16.7. The lowest BCUT2D eigenvalue weighted by molar-refractivity contribution is -1.36. The number of hydrogen-bond donors (Lipinski definition) is 0. The SMILES string of the molecule is CCCCCCCCCCCCCCCCCCCO[N+](C)(OC)OC(C)(C)C. The topological polar surface area (TPSA) is 27.7 Å². The zero-order valence-electron chi connectivity index (χ0n) is 20.9. The fraction of sp³-hybridized carbons (Fsp3) is 1.00. The third kappa shape index (κ3) is 20.9. The van der Waals surface area contributed by atoms with Gasteiger partial charge in [-0.3, -0.25) is 0 Å². The van der Waals surface area contributed by atoms with Gasteiger partial charge in [0, 0.05) is 0 Å². The fourth-order valence-corrected chi connectivity index (χ4v) is 3.67. The van der Waals surface area contributed by atoms with Crippen LogP contribution in [0.15, 0.2) is 0 Å². The smallest absolute Gasteiger partial charge is 0.135 e. The van der Waals surface area contributed by atoms with E-state index in [1.54, 1.807) is 14.2 Å². The molecule has 0 aliphatic rings. The maximum Gasteiger partial charge on any atom is 0.168 e. The summed E-state index contributed by atoms with van der Waals surface area (Å²) >= 11 is 0. The van der Waals surface area contributed by atoms with Crippen molar-refractivity contribution in [1.29, 1.82) is 0 Å². The van der Waals surface area contributed by atoms with Crippen molar-refractivity contribution < 1.29 is 19.5 Å². The molecule has 4 heteroatoms. The Morgan fingerprint density at radius 3 is 1.24 bits per heavy atom. The van der Waals surface area contributed by atoms with Crippen LogP contribution in [0.3, 0.4) is 0 Å². The third-order valence-corrected chi connectivity index (χ3v) is 5.35. The van der Waals surface area contributed by atoms with Gasteiger partial charge in [-0.15, -0.1) is 14.5 Å². The van der Waals surface area contributed by atoms with Crippen LogP contribution in [0.4, 0.5) is 0 Å². The number of nitrogens with zero attached hydrogens (tertiary/aromatic N) is 1. The van der Waals surface area contributed by atoms with Crippen molar-refractivity contribution in [1.82, 2.24) is 0 Å². The Kier molecular flexibility index (Phi) is 18.5. The average Bonchev–Trinajstić information content (AvgIpc) is 2.65. The molecule has 0 rings (SSSR count). The molecule has 0 aromatic rings. The first-order valence-electron chi connectivity index (χ1n) is 12.6. The molecule has 176 valence electrons. The van der Waals surface area contributed by atoms with Gasteiger partial charge in [-0.25, -0.2) is 0 Å². The Labute approximate surface area is 183 Å². The summed E-state index contributed by atoms with van der Waals surface area (Å²) in [7, 11) is 3.40. The van der Waals surface area contributed by atoms with Gasteiger partial charge < -0.3 is 0 Å². The van der Waals surface area contributed by atoms with Crippen molar-refractivity contribution in [2.24, 2.45) is 0 Å². The van der Waals surface area contributed by atoms with E-state index >= 15 is 0 Å². The predicted molar refractivity (Wildman–Crippen MR) is 124 cm³/mol. The first-order chi connectivity index (χ1) is 13.8. The van der Waals surface area contributed by atoms with Crippen LogP contribution in [-0.4, -0.2) is 31.3 Å². The van der Waals surface area contributed by atoms with Crippen molar-refractivity contribution in [3.8, 4) is 0 Å². The minimum atomic E-state index is -0.307. The molecule has 0 aliphatic heterocycles. The summed E-state index contributed by atoms with van der Waals surface area (Å²) in [5, 5.41) is 0. The van der Waals surface area contributed by atoms with Crippen LogP contribution in [-0.2, 0) is 14.5 Å². The van der Waals surface area contributed by atoms with Crippen molar-refractivity contribution >= 4 is 0 Å². The number of hydroxylamine groups is 3. The molecule has 1 unspecified atom stereocenters. The molecule has 0 saturated carbocycles. The van der Waals surface area contributed by atoms with Crippen molar-refractivity contribution in [3.63, 3.8) is 0 Å². The Morgan fingerprint density at radius 1 is 0.586 bits per heavy atom. The average molecular weight is 417 g/mol. The quantitative estimate of drug-likeness (QED) is 0.107. The number of unbranched alkanes of at least 4 members (excludes halogenated alkanes) is 16. The molecule has 0 saturated heterocycles. The molecule has 0 aromatic carbocycles. The van der Waals surface area contributed by atoms with Crippen LogP contribution in [0.5, 0.6) is 0 Å². The molecule has 0 bridgehead atoms. The van der Waals surface area contributed by atoms with Crippen molar-refractivity contribution in [2.45, 2.75) is 142 Å². The van der Waals surface area contributed by atoms with Gasteiger partial charge in [-0.1, -0.05) is 110 Å². The lowest BCUT2D eigenvalue weighted by Crippen LogP contribution is -2.48. The number of hydrogen-bond acceptors (Lipinski definition) is 3. The Balaban J connectivity index is 3.31. The zero-order valence-corrected chi connectivity index (χ0v) is 20.9. The van der Waals surface area contributed by atoms with Crippen molar-refractivity contribution in [3.05, 3.63) is 0 Å². The first-order valence-corrected chi connectivity index (χ1v) is 12.6. The van der Waals surface area contributed by atoms with Gasteiger partial charge in [0.1, 0.15) is 19.3 Å². The van der Waals surface area contributed by atoms with E-state index in [-0.39, 0.29) is 10.6 Å². The van der Waals surface area contributed by atoms with E-state index in [9.17, 15) is 0 Å². The monoisotopic (exact) mass is 416 g/mol. The lowest BCUT2D eigenvalue weighted by atomic mass is 10.0. The highest BCUT2D eigenvalue weighted by atomic mass is 17.2. The first kappa shape index (κ1) is 28.8. The zero-order chi connectivity index (χ0) is 21.8. The van der Waals surface area contributed by atoms with Crippen molar-refractivity contribution in [2.75, 3.05) is 20.8 Å². The molecule has 1 atom stereocenters. The molecule has 4 nitrogen and oxygen atoms in total. The molecule has 0 aromatic heterocycles. The molecule has 0 amide bonds. The van der Waals surface area contributed by atoms with Crippen LogP contribution in [0.25, 0.3) is 0 Å². The van der Waals surface area contributed by atoms with Crippen LogP contribution < -0.4 is 0 Å². The number of rotatable bonds is 21. The summed E-state index contributed by atoms with van der Waals surface area (Å²) in [5.74, 6) is 0. The number of quaternary nitrogens is 1. The van der Waals surface area contributed by atoms with E-state index in [0.29, 0.717) is 6.61 Å². The van der Waals surface area contributed by atoms with Crippen LogP contribution in [0.1, 0.15) is 137 Å². The molecule has 0 N–H and O–H groups in total. The van der Waals surface area contributed by atoms with Crippen LogP contribution in [0.2, 0.25) is 0 Å². The van der Waals surface area contributed by atoms with Gasteiger partial charge in [0.05, 0.1) is 4.97 Å². The van der Waals surface area contributed by atoms with Gasteiger partial charge in [0.15, 0.2) is 7.05 Å². The molecular weight excluding hydrogens is 362 g/mol. The summed E-state index contributed by atoms with van der Waals surface area (Å²) in [6.45, 7) is 8.96. The van der Waals surface area contributed by atoms with Gasteiger partial charge >= 0.3 is 0 Å². The third-order valence-electron chi connectivity index (χ3n) is 5.35. The molecular formula is C25H54NO3+. The normalized spacial score (nSPS) is 14.3. The minimum Gasteiger partial charge on any atom is -0.135 e. The second kappa shape index (κ2) is 18.6. The predicted octanol–water partition coefficient (Wildman–Crippen LogP) is 8.31. The second-order valence-corrected chi connectivity index (χ2v) is 9.65. The largest absolute Gasteiger partial charge is 0.168 e. The van der Waals surface area contributed by atoms with Crippen LogP contribution in [0, 0.1) is 0 Å². The summed E-state index contributed by atoms with van der Waals surface area (Å²) in [6, 6.07) is 0. The van der Waals surface area contributed by atoms with E-state index in [2.05, 4.69) is 6.92 Å². The van der Waals surface area contributed by atoms with E-state index in [4.69, 9.17) is 14.5 Å². The maximum atomic E-state index is 5.80. The molecule has 29 heavy (non-hydrogen) atoms. The fourth-order valence-electron chi connectivity index (χ4n) is 3.67. The van der Waals surface area contributed by atoms with Gasteiger partial charge in [-0.05, 0) is 27.2 Å². The molecule has 0 aliphatic carbocycles. The Morgan fingerprint density at radius 2 is 0.931 bits per heavy atom. The van der Waals surface area contributed by atoms with Gasteiger partial charge in [0.2, 0.25) is 0 Å². The summed E-state index contributed by atoms with van der Waals surface area (Å²) in [6.07, 6.45) is 23.5. The molecule has 0 fully saturated rings.